The summed E-state index contributed by atoms with van der Waals surface area (Å²) in [5.74, 6) is -0.746. The Balaban J connectivity index is 2.35. The van der Waals surface area contributed by atoms with Gasteiger partial charge in [-0.05, 0) is 62.2 Å². The number of nitrogens with zero attached hydrogens (tertiary/aromatic N) is 1. The van der Waals surface area contributed by atoms with E-state index >= 15 is 0 Å². The quantitative estimate of drug-likeness (QED) is 0.801. The van der Waals surface area contributed by atoms with Crippen LogP contribution < -0.4 is 9.62 Å². The highest BCUT2D eigenvalue weighted by Gasteiger charge is 2.32. The van der Waals surface area contributed by atoms with Crippen LogP contribution in [0, 0.1) is 13.8 Å². The van der Waals surface area contributed by atoms with Crippen molar-refractivity contribution in [1.29, 1.82) is 0 Å². The number of sulfonamides is 1. The zero-order valence-electron chi connectivity index (χ0n) is 15.8. The fraction of sp³-hybridized carbons (Fsp3) is 0.316. The Labute approximate surface area is 162 Å². The smallest absolute Gasteiger partial charge is 0.324 e. The predicted molar refractivity (Wildman–Crippen MR) is 103 cm³/mol. The molecule has 2 rings (SSSR count). The van der Waals surface area contributed by atoms with Crippen molar-refractivity contribution >= 4 is 27.3 Å². The van der Waals surface area contributed by atoms with E-state index in [1.165, 1.54) is 19.1 Å². The highest BCUT2D eigenvalue weighted by atomic mass is 32.2. The number of hydrogen-bond acceptors (Lipinski definition) is 3. The van der Waals surface area contributed by atoms with Gasteiger partial charge in [-0.1, -0.05) is 12.1 Å². The number of carbonyl (C=O) groups is 1. The molecule has 0 saturated heterocycles. The minimum atomic E-state index is -4.55. The minimum Gasteiger partial charge on any atom is -0.324 e. The molecule has 28 heavy (non-hydrogen) atoms. The van der Waals surface area contributed by atoms with Crippen molar-refractivity contribution in [3.63, 3.8) is 0 Å². The zero-order chi connectivity index (χ0) is 21.3. The first kappa shape index (κ1) is 21.7. The van der Waals surface area contributed by atoms with E-state index in [4.69, 9.17) is 0 Å². The molecule has 0 radical (unpaired) electrons. The molecule has 0 aliphatic rings. The average Bonchev–Trinajstić information content (AvgIpc) is 2.52. The second-order valence-corrected chi connectivity index (χ2v) is 8.51. The largest absolute Gasteiger partial charge is 0.416 e. The molecule has 0 unspecified atom stereocenters. The summed E-state index contributed by atoms with van der Waals surface area (Å²) >= 11 is 0. The molecule has 0 spiro atoms. The molecular weight excluding hydrogens is 393 g/mol. The van der Waals surface area contributed by atoms with Gasteiger partial charge in [0.2, 0.25) is 15.9 Å². The van der Waals surface area contributed by atoms with Gasteiger partial charge < -0.3 is 5.32 Å². The molecule has 0 fully saturated rings. The van der Waals surface area contributed by atoms with Gasteiger partial charge in [-0.2, -0.15) is 13.2 Å². The van der Waals surface area contributed by atoms with Crippen LogP contribution >= 0.6 is 0 Å². The van der Waals surface area contributed by atoms with Crippen molar-refractivity contribution in [3.8, 4) is 0 Å². The van der Waals surface area contributed by atoms with Gasteiger partial charge in [-0.3, -0.25) is 9.10 Å². The number of benzene rings is 2. The topological polar surface area (TPSA) is 66.5 Å². The second kappa shape index (κ2) is 7.83. The van der Waals surface area contributed by atoms with E-state index in [2.05, 4.69) is 5.32 Å². The van der Waals surface area contributed by atoms with Crippen LogP contribution in [0.25, 0.3) is 0 Å². The van der Waals surface area contributed by atoms with Crippen LogP contribution in [0.1, 0.15) is 23.6 Å². The molecule has 0 aliphatic carbocycles. The summed E-state index contributed by atoms with van der Waals surface area (Å²) in [6, 6.07) is 8.10. The summed E-state index contributed by atoms with van der Waals surface area (Å²) in [6.45, 7) is 4.97. The fourth-order valence-electron chi connectivity index (χ4n) is 2.91. The van der Waals surface area contributed by atoms with E-state index in [0.29, 0.717) is 5.69 Å². The molecule has 2 aromatic rings. The zero-order valence-corrected chi connectivity index (χ0v) is 16.6. The number of halogens is 3. The summed E-state index contributed by atoms with van der Waals surface area (Å²) in [5, 5.41) is 2.36. The molecule has 0 bridgehead atoms. The van der Waals surface area contributed by atoms with Crippen molar-refractivity contribution in [2.24, 2.45) is 0 Å². The summed E-state index contributed by atoms with van der Waals surface area (Å²) in [7, 11) is -3.83. The molecule has 0 aliphatic heterocycles. The Morgan fingerprint density at radius 1 is 1.07 bits per heavy atom. The average molecular weight is 414 g/mol. The number of amides is 1. The van der Waals surface area contributed by atoms with Crippen LogP contribution in [-0.4, -0.2) is 26.6 Å². The highest BCUT2D eigenvalue weighted by molar-refractivity contribution is 7.92. The van der Waals surface area contributed by atoms with Crippen molar-refractivity contribution in [3.05, 3.63) is 59.2 Å². The van der Waals surface area contributed by atoms with Gasteiger partial charge in [0.15, 0.2) is 0 Å². The molecule has 5 nitrogen and oxygen atoms in total. The molecule has 2 aromatic carbocycles. The van der Waals surface area contributed by atoms with Crippen LogP contribution in [0.15, 0.2) is 42.5 Å². The van der Waals surface area contributed by atoms with Crippen molar-refractivity contribution in [1.82, 2.24) is 0 Å². The van der Waals surface area contributed by atoms with Gasteiger partial charge in [0, 0.05) is 5.69 Å². The number of hydrogen-bond donors (Lipinski definition) is 1. The lowest BCUT2D eigenvalue weighted by molar-refractivity contribution is -0.137. The molecule has 152 valence electrons. The Kier molecular flexibility index (Phi) is 6.08. The third-order valence-corrected chi connectivity index (χ3v) is 5.25. The van der Waals surface area contributed by atoms with E-state index in [1.807, 2.05) is 6.07 Å². The molecule has 1 amide bonds. The van der Waals surface area contributed by atoms with Gasteiger partial charge in [0.05, 0.1) is 17.5 Å². The maximum atomic E-state index is 12.8. The van der Waals surface area contributed by atoms with Gasteiger partial charge >= 0.3 is 6.18 Å². The lowest BCUT2D eigenvalue weighted by atomic mass is 10.1. The SMILES string of the molecule is Cc1cc(C)cc(N([C@H](C)C(=O)Nc2cccc(C(F)(F)F)c2)S(C)(=O)=O)c1. The normalized spacial score (nSPS) is 13.1. The van der Waals surface area contributed by atoms with Crippen LogP contribution in [0.5, 0.6) is 0 Å². The first-order chi connectivity index (χ1) is 12.8. The number of rotatable bonds is 5. The third kappa shape index (κ3) is 5.25. The predicted octanol–water partition coefficient (Wildman–Crippen LogP) is 4.12. The van der Waals surface area contributed by atoms with Gasteiger partial charge in [0.25, 0.3) is 0 Å². The Hall–Kier alpha value is -2.55. The molecule has 0 saturated carbocycles. The molecular formula is C19H21F3N2O3S. The summed E-state index contributed by atoms with van der Waals surface area (Å²) in [6.07, 6.45) is -3.58. The molecule has 1 N–H and O–H groups in total. The molecule has 0 aromatic heterocycles. The van der Waals surface area contributed by atoms with E-state index in [1.54, 1.807) is 26.0 Å². The van der Waals surface area contributed by atoms with Crippen LogP contribution in [0.2, 0.25) is 0 Å². The number of nitrogens with one attached hydrogen (secondary N) is 1. The summed E-state index contributed by atoms with van der Waals surface area (Å²) in [5.41, 5.74) is 0.961. The van der Waals surface area contributed by atoms with E-state index < -0.39 is 33.7 Å². The van der Waals surface area contributed by atoms with Gasteiger partial charge in [-0.15, -0.1) is 0 Å². The Morgan fingerprint density at radius 3 is 2.14 bits per heavy atom. The first-order valence-electron chi connectivity index (χ1n) is 8.35. The lowest BCUT2D eigenvalue weighted by Crippen LogP contribution is -2.45. The number of carbonyl (C=O) groups excluding carboxylic acids is 1. The highest BCUT2D eigenvalue weighted by Crippen LogP contribution is 2.31. The van der Waals surface area contributed by atoms with Crippen molar-refractivity contribution in [2.75, 3.05) is 15.9 Å². The van der Waals surface area contributed by atoms with E-state index in [9.17, 15) is 26.4 Å². The fourth-order valence-corrected chi connectivity index (χ4v) is 4.07. The summed E-state index contributed by atoms with van der Waals surface area (Å²) < 4.78 is 64.2. The van der Waals surface area contributed by atoms with E-state index in [0.717, 1.165) is 33.8 Å². The number of anilines is 2. The number of aryl methyl sites for hydroxylation is 2. The third-order valence-electron chi connectivity index (χ3n) is 4.01. The van der Waals surface area contributed by atoms with Gasteiger partial charge in [-0.25, -0.2) is 8.42 Å². The molecule has 0 heterocycles. The first-order valence-corrected chi connectivity index (χ1v) is 10.2. The maximum Gasteiger partial charge on any atom is 0.416 e. The van der Waals surface area contributed by atoms with Crippen molar-refractivity contribution < 1.29 is 26.4 Å². The molecule has 1 atom stereocenters. The minimum absolute atomic E-state index is 0.0689. The van der Waals surface area contributed by atoms with E-state index in [-0.39, 0.29) is 5.69 Å². The lowest BCUT2D eigenvalue weighted by Gasteiger charge is -2.29. The summed E-state index contributed by atoms with van der Waals surface area (Å²) in [4.78, 5) is 12.6. The van der Waals surface area contributed by atoms with Crippen LogP contribution in [0.4, 0.5) is 24.5 Å². The monoisotopic (exact) mass is 414 g/mol. The van der Waals surface area contributed by atoms with Crippen molar-refractivity contribution in [2.45, 2.75) is 33.0 Å². The maximum absolute atomic E-state index is 12.8. The van der Waals surface area contributed by atoms with Crippen LogP contribution in [0.3, 0.4) is 0 Å². The van der Waals surface area contributed by atoms with Crippen LogP contribution in [-0.2, 0) is 21.0 Å². The number of alkyl halides is 3. The molecule has 9 heteroatoms. The van der Waals surface area contributed by atoms with Gasteiger partial charge in [0.1, 0.15) is 6.04 Å². The Morgan fingerprint density at radius 2 is 1.64 bits per heavy atom. The second-order valence-electron chi connectivity index (χ2n) is 6.65. The Bertz CT molecular complexity index is 968. The standard InChI is InChI=1S/C19H21F3N2O3S/c1-12-8-13(2)10-17(9-12)24(28(4,26)27)14(3)18(25)23-16-7-5-6-15(11-16)19(20,21)22/h5-11,14H,1-4H3,(H,23,25)/t14-/m1/s1.